The van der Waals surface area contributed by atoms with Gasteiger partial charge >= 0.3 is 0 Å². The Balaban J connectivity index is 1.84. The molecule has 1 aliphatic heterocycles. The van der Waals surface area contributed by atoms with Crippen molar-refractivity contribution in [1.29, 1.82) is 0 Å². The lowest BCUT2D eigenvalue weighted by atomic mass is 9.78. The molecule has 2 fully saturated rings. The molecule has 0 aromatic carbocycles. The van der Waals surface area contributed by atoms with Gasteiger partial charge in [0.25, 0.3) is 5.91 Å². The molecule has 1 aromatic rings. The third-order valence-corrected chi connectivity index (χ3v) is 4.53. The lowest BCUT2D eigenvalue weighted by molar-refractivity contribution is 0.0388. The predicted octanol–water partition coefficient (Wildman–Crippen LogP) is 2.58. The molecule has 1 aliphatic carbocycles. The van der Waals surface area contributed by atoms with E-state index >= 15 is 0 Å². The van der Waals surface area contributed by atoms with E-state index in [0.717, 1.165) is 19.4 Å². The van der Waals surface area contributed by atoms with Crippen molar-refractivity contribution < 1.29 is 9.90 Å². The smallest absolute Gasteiger partial charge is 0.257 e. The monoisotopic (exact) mass is 260 g/mol. The highest BCUT2D eigenvalue weighted by Gasteiger charge is 2.36. The summed E-state index contributed by atoms with van der Waals surface area (Å²) in [6.07, 6.45) is 10.1. The van der Waals surface area contributed by atoms with Crippen molar-refractivity contribution in [3.05, 3.63) is 24.0 Å². The zero-order valence-corrected chi connectivity index (χ0v) is 11.1. The van der Waals surface area contributed by atoms with Crippen molar-refractivity contribution in [2.24, 2.45) is 5.92 Å². The van der Waals surface area contributed by atoms with E-state index in [1.807, 2.05) is 4.90 Å². The quantitative estimate of drug-likeness (QED) is 0.844. The Morgan fingerprint density at radius 1 is 1.26 bits per heavy atom. The van der Waals surface area contributed by atoms with Gasteiger partial charge in [0.1, 0.15) is 5.75 Å². The molecular weight excluding hydrogens is 240 g/mol. The number of aromatic hydroxyl groups is 1. The van der Waals surface area contributed by atoms with E-state index in [9.17, 15) is 9.90 Å². The lowest BCUT2D eigenvalue weighted by Gasteiger charge is -2.44. The second-order valence-electron chi connectivity index (χ2n) is 5.65. The summed E-state index contributed by atoms with van der Waals surface area (Å²) in [4.78, 5) is 18.4. The number of aromatic nitrogens is 1. The molecule has 4 heteroatoms. The zero-order valence-electron chi connectivity index (χ0n) is 11.1. The molecule has 0 radical (unpaired) electrons. The topological polar surface area (TPSA) is 53.4 Å². The van der Waals surface area contributed by atoms with Crippen molar-refractivity contribution in [1.82, 2.24) is 9.88 Å². The fourth-order valence-corrected chi connectivity index (χ4v) is 3.60. The van der Waals surface area contributed by atoms with Gasteiger partial charge in [0.15, 0.2) is 0 Å². The Labute approximate surface area is 113 Å². The fourth-order valence-electron chi connectivity index (χ4n) is 3.60. The van der Waals surface area contributed by atoms with Crippen LogP contribution in [0.4, 0.5) is 0 Å². The van der Waals surface area contributed by atoms with Crippen molar-refractivity contribution in [3.8, 4) is 5.75 Å². The normalized spacial score (nSPS) is 26.8. The molecule has 1 aromatic heterocycles. The summed E-state index contributed by atoms with van der Waals surface area (Å²) in [5, 5.41) is 9.80. The summed E-state index contributed by atoms with van der Waals surface area (Å²) in [5.74, 6) is 0.623. The van der Waals surface area contributed by atoms with Gasteiger partial charge in [0, 0.05) is 18.8 Å². The molecule has 2 atom stereocenters. The molecule has 102 valence electrons. The number of carbonyl (C=O) groups excluding carboxylic acids is 1. The van der Waals surface area contributed by atoms with Crippen LogP contribution in [0.1, 0.15) is 48.9 Å². The molecule has 2 aliphatic rings. The summed E-state index contributed by atoms with van der Waals surface area (Å²) in [6, 6.07) is 1.99. The second kappa shape index (κ2) is 5.19. The van der Waals surface area contributed by atoms with Crippen molar-refractivity contribution >= 4 is 5.91 Å². The number of rotatable bonds is 1. The number of pyridine rings is 1. The van der Waals surface area contributed by atoms with Crippen LogP contribution in [-0.4, -0.2) is 33.5 Å². The molecule has 0 spiro atoms. The standard InChI is InChI=1S/C15H20N2O2/c18-14-10-16-8-7-12(14)15(19)17-9-3-5-11-4-1-2-6-13(11)17/h7-8,10-11,13,18H,1-6,9H2. The summed E-state index contributed by atoms with van der Waals surface area (Å²) >= 11 is 0. The first-order chi connectivity index (χ1) is 9.27. The number of nitrogens with zero attached hydrogens (tertiary/aromatic N) is 2. The SMILES string of the molecule is O=C(c1ccncc1O)N1CCCC2CCCCC21. The van der Waals surface area contributed by atoms with E-state index in [0.29, 0.717) is 17.5 Å². The van der Waals surface area contributed by atoms with Gasteiger partial charge in [-0.05, 0) is 37.7 Å². The summed E-state index contributed by atoms with van der Waals surface area (Å²) < 4.78 is 0. The van der Waals surface area contributed by atoms with Crippen molar-refractivity contribution in [3.63, 3.8) is 0 Å². The first-order valence-electron chi connectivity index (χ1n) is 7.21. The van der Waals surface area contributed by atoms with Gasteiger partial charge in [-0.15, -0.1) is 0 Å². The van der Waals surface area contributed by atoms with Crippen LogP contribution in [0.25, 0.3) is 0 Å². The van der Waals surface area contributed by atoms with Crippen LogP contribution < -0.4 is 0 Å². The Hall–Kier alpha value is -1.58. The summed E-state index contributed by atoms with van der Waals surface area (Å²) in [7, 11) is 0. The molecule has 1 saturated carbocycles. The molecule has 19 heavy (non-hydrogen) atoms. The average molecular weight is 260 g/mol. The largest absolute Gasteiger partial charge is 0.505 e. The van der Waals surface area contributed by atoms with Gasteiger partial charge < -0.3 is 10.0 Å². The highest BCUT2D eigenvalue weighted by Crippen LogP contribution is 2.36. The number of likely N-dealkylation sites (tertiary alicyclic amines) is 1. The van der Waals surface area contributed by atoms with Crippen LogP contribution in [0.15, 0.2) is 18.5 Å². The average Bonchev–Trinajstić information content (AvgIpc) is 2.46. The number of amides is 1. The highest BCUT2D eigenvalue weighted by atomic mass is 16.3. The molecule has 3 rings (SSSR count). The number of piperidine rings is 1. The lowest BCUT2D eigenvalue weighted by Crippen LogP contribution is -2.49. The van der Waals surface area contributed by atoms with E-state index in [1.54, 1.807) is 12.3 Å². The van der Waals surface area contributed by atoms with Gasteiger partial charge in [0.2, 0.25) is 0 Å². The third kappa shape index (κ3) is 2.31. The van der Waals surface area contributed by atoms with Crippen LogP contribution in [0.3, 0.4) is 0 Å². The minimum Gasteiger partial charge on any atom is -0.505 e. The van der Waals surface area contributed by atoms with Crippen molar-refractivity contribution in [2.45, 2.75) is 44.6 Å². The summed E-state index contributed by atoms with van der Waals surface area (Å²) in [5.41, 5.74) is 0.390. The second-order valence-corrected chi connectivity index (χ2v) is 5.65. The van der Waals surface area contributed by atoms with Gasteiger partial charge in [-0.3, -0.25) is 9.78 Å². The summed E-state index contributed by atoms with van der Waals surface area (Å²) in [6.45, 7) is 0.821. The predicted molar refractivity (Wildman–Crippen MR) is 71.9 cm³/mol. The van der Waals surface area contributed by atoms with Crippen LogP contribution in [0, 0.1) is 5.92 Å². The van der Waals surface area contributed by atoms with Crippen LogP contribution >= 0.6 is 0 Å². The minimum absolute atomic E-state index is 0.00886. The molecular formula is C15H20N2O2. The van der Waals surface area contributed by atoms with Gasteiger partial charge in [-0.2, -0.15) is 0 Å². The van der Waals surface area contributed by atoms with Crippen LogP contribution in [-0.2, 0) is 0 Å². The molecule has 2 unspecified atom stereocenters. The first kappa shape index (κ1) is 12.5. The maximum atomic E-state index is 12.6. The fraction of sp³-hybridized carbons (Fsp3) is 0.600. The van der Waals surface area contributed by atoms with E-state index < -0.39 is 0 Å². The maximum absolute atomic E-state index is 12.6. The van der Waals surface area contributed by atoms with E-state index in [1.165, 1.54) is 31.9 Å². The van der Waals surface area contributed by atoms with Gasteiger partial charge in [0.05, 0.1) is 11.8 Å². The number of fused-ring (bicyclic) bond motifs is 1. The Morgan fingerprint density at radius 2 is 2.05 bits per heavy atom. The van der Waals surface area contributed by atoms with E-state index in [4.69, 9.17) is 0 Å². The number of hydrogen-bond donors (Lipinski definition) is 1. The maximum Gasteiger partial charge on any atom is 0.257 e. The Morgan fingerprint density at radius 3 is 2.89 bits per heavy atom. The number of hydrogen-bond acceptors (Lipinski definition) is 3. The van der Waals surface area contributed by atoms with Crippen LogP contribution in [0.2, 0.25) is 0 Å². The molecule has 2 heterocycles. The minimum atomic E-state index is -0.0310. The third-order valence-electron chi connectivity index (χ3n) is 4.53. The Bertz CT molecular complexity index is 473. The molecule has 1 saturated heterocycles. The molecule has 1 amide bonds. The highest BCUT2D eigenvalue weighted by molar-refractivity contribution is 5.96. The van der Waals surface area contributed by atoms with E-state index in [-0.39, 0.29) is 11.7 Å². The zero-order chi connectivity index (χ0) is 13.2. The van der Waals surface area contributed by atoms with Crippen LogP contribution in [0.5, 0.6) is 5.75 Å². The Kier molecular flexibility index (Phi) is 3.40. The molecule has 4 nitrogen and oxygen atoms in total. The molecule has 0 bridgehead atoms. The van der Waals surface area contributed by atoms with Gasteiger partial charge in [-0.1, -0.05) is 12.8 Å². The van der Waals surface area contributed by atoms with E-state index in [2.05, 4.69) is 4.98 Å². The first-order valence-corrected chi connectivity index (χ1v) is 7.21. The number of carbonyl (C=O) groups is 1. The van der Waals surface area contributed by atoms with Crippen molar-refractivity contribution in [2.75, 3.05) is 6.54 Å². The van der Waals surface area contributed by atoms with Gasteiger partial charge in [-0.25, -0.2) is 0 Å². The molecule has 1 N–H and O–H groups in total.